The number of anilines is 1. The van der Waals surface area contributed by atoms with Gasteiger partial charge in [-0.2, -0.15) is 5.10 Å². The van der Waals surface area contributed by atoms with Gasteiger partial charge in [-0.3, -0.25) is 14.9 Å². The van der Waals surface area contributed by atoms with Crippen molar-refractivity contribution >= 4 is 11.8 Å². The van der Waals surface area contributed by atoms with E-state index in [9.17, 15) is 4.79 Å². The van der Waals surface area contributed by atoms with E-state index in [4.69, 9.17) is 0 Å². The highest BCUT2D eigenvalue weighted by molar-refractivity contribution is 5.88. The zero-order chi connectivity index (χ0) is 17.6. The van der Waals surface area contributed by atoms with Gasteiger partial charge in [0.15, 0.2) is 5.82 Å². The summed E-state index contributed by atoms with van der Waals surface area (Å²) in [5.41, 5.74) is 1.35. The van der Waals surface area contributed by atoms with E-state index < -0.39 is 0 Å². The molecule has 1 aliphatic rings. The van der Waals surface area contributed by atoms with Gasteiger partial charge in [0, 0.05) is 45.5 Å². The van der Waals surface area contributed by atoms with E-state index in [0.29, 0.717) is 18.3 Å². The lowest BCUT2D eigenvalue weighted by atomic mass is 10.1. The Bertz CT molecular complexity index is 684. The van der Waals surface area contributed by atoms with Crippen molar-refractivity contribution < 1.29 is 4.79 Å². The lowest BCUT2D eigenvalue weighted by Crippen LogP contribution is -2.39. The Morgan fingerprint density at radius 2 is 2.12 bits per heavy atom. The minimum absolute atomic E-state index is 0.0669. The third-order valence-electron chi connectivity index (χ3n) is 4.72. The first-order valence-corrected chi connectivity index (χ1v) is 8.96. The number of aromatic nitrogens is 2. The van der Waals surface area contributed by atoms with Crippen molar-refractivity contribution in [3.8, 4) is 0 Å². The van der Waals surface area contributed by atoms with Crippen LogP contribution in [0.25, 0.3) is 0 Å². The number of amides is 2. The molecule has 0 unspecified atom stereocenters. The molecule has 134 valence electrons. The third kappa shape index (κ3) is 4.82. The fourth-order valence-electron chi connectivity index (χ4n) is 3.38. The molecular formula is C19H27N5O. The number of benzene rings is 1. The molecule has 1 aromatic heterocycles. The summed E-state index contributed by atoms with van der Waals surface area (Å²) in [7, 11) is 1.84. The molecule has 1 N–H and O–H groups in total. The molecule has 6 heteroatoms. The van der Waals surface area contributed by atoms with Gasteiger partial charge in [0.1, 0.15) is 0 Å². The second-order valence-electron chi connectivity index (χ2n) is 6.72. The number of likely N-dealkylation sites (tertiary alicyclic amines) is 1. The minimum Gasteiger partial charge on any atom is -0.324 e. The number of hydrogen-bond donors (Lipinski definition) is 1. The Hall–Kier alpha value is -2.34. The van der Waals surface area contributed by atoms with Crippen molar-refractivity contribution in [1.29, 1.82) is 0 Å². The molecular weight excluding hydrogens is 314 g/mol. The zero-order valence-electron chi connectivity index (χ0n) is 15.1. The maximum atomic E-state index is 12.5. The summed E-state index contributed by atoms with van der Waals surface area (Å²) in [6.45, 7) is 6.65. The molecule has 2 aromatic rings. The van der Waals surface area contributed by atoms with Crippen LogP contribution in [0.1, 0.15) is 18.9 Å². The summed E-state index contributed by atoms with van der Waals surface area (Å²) in [6, 6.07) is 12.3. The molecule has 0 radical (unpaired) electrons. The second-order valence-corrected chi connectivity index (χ2v) is 6.72. The second kappa shape index (κ2) is 8.16. The Labute approximate surface area is 149 Å². The average molecular weight is 341 g/mol. The van der Waals surface area contributed by atoms with Gasteiger partial charge in [-0.1, -0.05) is 30.3 Å². The SMILES string of the molecule is CCN(C[C@@H]1CCN(Cc2ccccc2)C1)C(=O)Nc1ccn(C)n1. The van der Waals surface area contributed by atoms with Crippen LogP contribution in [-0.4, -0.2) is 51.8 Å². The van der Waals surface area contributed by atoms with Crippen LogP contribution in [0.15, 0.2) is 42.6 Å². The van der Waals surface area contributed by atoms with Crippen LogP contribution in [0.2, 0.25) is 0 Å². The van der Waals surface area contributed by atoms with E-state index in [-0.39, 0.29) is 6.03 Å². The number of carbonyl (C=O) groups is 1. The minimum atomic E-state index is -0.0669. The van der Waals surface area contributed by atoms with Crippen molar-refractivity contribution in [2.75, 3.05) is 31.5 Å². The average Bonchev–Trinajstić information content (AvgIpc) is 3.22. The van der Waals surface area contributed by atoms with Gasteiger partial charge >= 0.3 is 6.03 Å². The third-order valence-corrected chi connectivity index (χ3v) is 4.72. The summed E-state index contributed by atoms with van der Waals surface area (Å²) in [6.07, 6.45) is 2.96. The smallest absolute Gasteiger partial charge is 0.323 e. The molecule has 1 aliphatic heterocycles. The molecule has 25 heavy (non-hydrogen) atoms. The highest BCUT2D eigenvalue weighted by Gasteiger charge is 2.26. The molecule has 6 nitrogen and oxygen atoms in total. The quantitative estimate of drug-likeness (QED) is 0.879. The standard InChI is InChI=1S/C19H27N5O/c1-3-24(19(25)20-18-10-11-22(2)21-18)15-17-9-12-23(14-17)13-16-7-5-4-6-8-16/h4-8,10-11,17H,3,9,12-15H2,1-2H3,(H,20,21,25)/t17-/m1/s1. The molecule has 0 aliphatic carbocycles. The van der Waals surface area contributed by atoms with Crippen molar-refractivity contribution in [3.05, 3.63) is 48.2 Å². The highest BCUT2D eigenvalue weighted by Crippen LogP contribution is 2.20. The summed E-state index contributed by atoms with van der Waals surface area (Å²) >= 11 is 0. The van der Waals surface area contributed by atoms with Gasteiger partial charge in [-0.05, 0) is 31.4 Å². The Balaban J connectivity index is 1.49. The Morgan fingerprint density at radius 1 is 1.32 bits per heavy atom. The van der Waals surface area contributed by atoms with Gasteiger partial charge in [0.05, 0.1) is 0 Å². The first-order chi connectivity index (χ1) is 12.1. The van der Waals surface area contributed by atoms with E-state index in [1.54, 1.807) is 4.68 Å². The van der Waals surface area contributed by atoms with Gasteiger partial charge in [-0.15, -0.1) is 0 Å². The van der Waals surface area contributed by atoms with E-state index >= 15 is 0 Å². The van der Waals surface area contributed by atoms with E-state index in [2.05, 4.69) is 45.6 Å². The van der Waals surface area contributed by atoms with E-state index in [1.807, 2.05) is 31.1 Å². The molecule has 3 rings (SSSR count). The number of nitrogens with one attached hydrogen (secondary N) is 1. The van der Waals surface area contributed by atoms with E-state index in [0.717, 1.165) is 32.6 Å². The summed E-state index contributed by atoms with van der Waals surface area (Å²) < 4.78 is 1.68. The maximum Gasteiger partial charge on any atom is 0.323 e. The maximum absolute atomic E-state index is 12.5. The largest absolute Gasteiger partial charge is 0.324 e. The van der Waals surface area contributed by atoms with Gasteiger partial charge in [-0.25, -0.2) is 4.79 Å². The number of urea groups is 1. The van der Waals surface area contributed by atoms with Gasteiger partial charge in [0.25, 0.3) is 0 Å². The first kappa shape index (κ1) is 17.5. The van der Waals surface area contributed by atoms with Crippen molar-refractivity contribution in [2.24, 2.45) is 13.0 Å². The molecule has 1 saturated heterocycles. The van der Waals surface area contributed by atoms with Crippen LogP contribution in [0.4, 0.5) is 10.6 Å². The summed E-state index contributed by atoms with van der Waals surface area (Å²) in [4.78, 5) is 16.8. The van der Waals surface area contributed by atoms with Gasteiger partial charge in [0.2, 0.25) is 0 Å². The summed E-state index contributed by atoms with van der Waals surface area (Å²) in [5.74, 6) is 1.13. The molecule has 2 amide bonds. The topological polar surface area (TPSA) is 53.4 Å². The predicted octanol–water partition coefficient (Wildman–Crippen LogP) is 2.80. The number of rotatable bonds is 6. The van der Waals surface area contributed by atoms with Crippen molar-refractivity contribution in [2.45, 2.75) is 19.9 Å². The predicted molar refractivity (Wildman–Crippen MR) is 99.3 cm³/mol. The Morgan fingerprint density at radius 3 is 2.80 bits per heavy atom. The fraction of sp³-hybridized carbons (Fsp3) is 0.474. The lowest BCUT2D eigenvalue weighted by Gasteiger charge is -2.24. The van der Waals surface area contributed by atoms with Crippen LogP contribution in [0.5, 0.6) is 0 Å². The first-order valence-electron chi connectivity index (χ1n) is 8.96. The van der Waals surface area contributed by atoms with Crippen LogP contribution in [0.3, 0.4) is 0 Å². The van der Waals surface area contributed by atoms with Crippen molar-refractivity contribution in [3.63, 3.8) is 0 Å². The number of carbonyl (C=O) groups excluding carboxylic acids is 1. The molecule has 2 heterocycles. The van der Waals surface area contributed by atoms with E-state index in [1.165, 1.54) is 5.56 Å². The number of aryl methyl sites for hydroxylation is 1. The molecule has 0 saturated carbocycles. The van der Waals surface area contributed by atoms with Crippen LogP contribution < -0.4 is 5.32 Å². The molecule has 1 atom stereocenters. The molecule has 1 fully saturated rings. The Kier molecular flexibility index (Phi) is 5.71. The molecule has 1 aromatic carbocycles. The number of hydrogen-bond acceptors (Lipinski definition) is 3. The molecule has 0 spiro atoms. The zero-order valence-corrected chi connectivity index (χ0v) is 15.1. The normalized spacial score (nSPS) is 17.6. The number of nitrogens with zero attached hydrogens (tertiary/aromatic N) is 4. The molecule has 0 bridgehead atoms. The fourth-order valence-corrected chi connectivity index (χ4v) is 3.38. The van der Waals surface area contributed by atoms with Crippen molar-refractivity contribution in [1.82, 2.24) is 19.6 Å². The summed E-state index contributed by atoms with van der Waals surface area (Å²) in [5, 5.41) is 7.09. The van der Waals surface area contributed by atoms with Gasteiger partial charge < -0.3 is 4.90 Å². The van der Waals surface area contributed by atoms with Crippen LogP contribution in [0, 0.1) is 5.92 Å². The van der Waals surface area contributed by atoms with Crippen LogP contribution in [-0.2, 0) is 13.6 Å². The van der Waals surface area contributed by atoms with Crippen LogP contribution >= 0.6 is 0 Å². The highest BCUT2D eigenvalue weighted by atomic mass is 16.2. The monoisotopic (exact) mass is 341 g/mol. The lowest BCUT2D eigenvalue weighted by molar-refractivity contribution is 0.203.